The molecule has 0 saturated carbocycles. The summed E-state index contributed by atoms with van der Waals surface area (Å²) in [5, 5.41) is 5.93. The molecular formula is C15H34N4O. The summed E-state index contributed by atoms with van der Waals surface area (Å²) in [5.41, 5.74) is 7.13. The lowest BCUT2D eigenvalue weighted by Crippen LogP contribution is -2.36. The summed E-state index contributed by atoms with van der Waals surface area (Å²) in [7, 11) is 5.45. The zero-order valence-corrected chi connectivity index (χ0v) is 14.8. The Morgan fingerprint density at radius 3 is 1.65 bits per heavy atom. The van der Waals surface area contributed by atoms with Crippen LogP contribution in [0.3, 0.4) is 0 Å². The van der Waals surface area contributed by atoms with E-state index in [-0.39, 0.29) is 0 Å². The number of rotatable bonds is 4. The summed E-state index contributed by atoms with van der Waals surface area (Å²) in [6, 6.07) is 0.383. The third-order valence-electron chi connectivity index (χ3n) is 1.22. The molecule has 0 aliphatic carbocycles. The van der Waals surface area contributed by atoms with E-state index in [4.69, 9.17) is 0 Å². The van der Waals surface area contributed by atoms with E-state index in [1.165, 1.54) is 5.57 Å². The summed E-state index contributed by atoms with van der Waals surface area (Å²) < 4.78 is 4.56. The van der Waals surface area contributed by atoms with Crippen LogP contribution in [0, 0.1) is 0 Å². The molecule has 5 nitrogen and oxygen atoms in total. The molecule has 0 saturated heterocycles. The fourth-order valence-electron chi connectivity index (χ4n) is 0.575. The maximum Gasteiger partial charge on any atom is 0.133 e. The quantitative estimate of drug-likeness (QED) is 0.274. The fourth-order valence-corrected chi connectivity index (χ4v) is 0.575. The van der Waals surface area contributed by atoms with Crippen LogP contribution < -0.4 is 10.9 Å². The van der Waals surface area contributed by atoms with E-state index >= 15 is 0 Å². The van der Waals surface area contributed by atoms with Crippen molar-refractivity contribution < 1.29 is 4.74 Å². The predicted molar refractivity (Wildman–Crippen MR) is 90.5 cm³/mol. The molecule has 0 radical (unpaired) electrons. The van der Waals surface area contributed by atoms with Crippen LogP contribution in [0.15, 0.2) is 29.6 Å². The molecule has 0 rings (SSSR count). The van der Waals surface area contributed by atoms with Crippen molar-refractivity contribution >= 4 is 5.84 Å². The van der Waals surface area contributed by atoms with E-state index in [0.29, 0.717) is 6.04 Å². The van der Waals surface area contributed by atoms with Crippen molar-refractivity contribution in [3.05, 3.63) is 24.5 Å². The van der Waals surface area contributed by atoms with Gasteiger partial charge in [-0.05, 0) is 41.5 Å². The molecule has 20 heavy (non-hydrogen) atoms. The maximum atomic E-state index is 4.56. The second kappa shape index (κ2) is 15.6. The standard InChI is InChI=1S/C7H18N4.C4H8O.C4H8/c1-6(2)8-9-7(3)10-11(4)5;1-4(2)5-3;1-4(2)3/h6,8H,1-5H3,(H,9,10);1H2,2-3H3;1H2,2-3H3. The van der Waals surface area contributed by atoms with E-state index in [2.05, 4.69) is 33.8 Å². The number of ether oxygens (including phenoxy) is 1. The topological polar surface area (TPSA) is 48.9 Å². The lowest BCUT2D eigenvalue weighted by Gasteiger charge is -2.13. The number of nitrogens with one attached hydrogen (secondary N) is 2. The Bertz CT molecular complexity index is 280. The molecule has 5 heteroatoms. The Hall–Kier alpha value is -1.49. The Balaban J connectivity index is -0.000000266. The summed E-state index contributed by atoms with van der Waals surface area (Å²) in [4.78, 5) is 0. The average Bonchev–Trinajstić information content (AvgIpc) is 2.25. The van der Waals surface area contributed by atoms with Crippen molar-refractivity contribution in [2.24, 2.45) is 5.10 Å². The van der Waals surface area contributed by atoms with Gasteiger partial charge in [0.25, 0.3) is 0 Å². The van der Waals surface area contributed by atoms with Crippen LogP contribution in [0.5, 0.6) is 0 Å². The van der Waals surface area contributed by atoms with E-state index in [9.17, 15) is 0 Å². The summed E-state index contributed by atoms with van der Waals surface area (Å²) in [5.74, 6) is 1.62. The predicted octanol–water partition coefficient (Wildman–Crippen LogP) is 3.13. The molecular weight excluding hydrogens is 252 g/mol. The minimum atomic E-state index is 0.383. The van der Waals surface area contributed by atoms with E-state index in [1.807, 2.05) is 53.7 Å². The SMILES string of the molecule is C=C(C)C.C=C(C)OC.CC(=NNC(C)C)NN(C)C. The van der Waals surface area contributed by atoms with Crippen LogP contribution in [0.25, 0.3) is 0 Å². The van der Waals surface area contributed by atoms with Crippen molar-refractivity contribution in [3.8, 4) is 0 Å². The molecule has 0 aromatic rings. The molecule has 120 valence electrons. The zero-order valence-electron chi connectivity index (χ0n) is 14.8. The number of hydrogen-bond donors (Lipinski definition) is 2. The highest BCUT2D eigenvalue weighted by atomic mass is 16.5. The van der Waals surface area contributed by atoms with Crippen LogP contribution in [0.2, 0.25) is 0 Å². The zero-order chi connectivity index (χ0) is 16.7. The van der Waals surface area contributed by atoms with Gasteiger partial charge in [0, 0.05) is 20.1 Å². The van der Waals surface area contributed by atoms with Gasteiger partial charge in [0.15, 0.2) is 0 Å². The van der Waals surface area contributed by atoms with E-state index < -0.39 is 0 Å². The average molecular weight is 286 g/mol. The summed E-state index contributed by atoms with van der Waals surface area (Å²) in [6.07, 6.45) is 0. The fraction of sp³-hybridized carbons (Fsp3) is 0.667. The Morgan fingerprint density at radius 1 is 1.10 bits per heavy atom. The number of nitrogens with zero attached hydrogens (tertiary/aromatic N) is 2. The molecule has 0 aromatic carbocycles. The van der Waals surface area contributed by atoms with Crippen LogP contribution in [0.1, 0.15) is 41.5 Å². The van der Waals surface area contributed by atoms with Gasteiger partial charge >= 0.3 is 0 Å². The van der Waals surface area contributed by atoms with Gasteiger partial charge in [0.2, 0.25) is 0 Å². The van der Waals surface area contributed by atoms with Crippen LogP contribution in [0.4, 0.5) is 0 Å². The van der Waals surface area contributed by atoms with Gasteiger partial charge in [-0.3, -0.25) is 0 Å². The molecule has 0 unspecified atom stereocenters. The normalized spacial score (nSPS) is 9.85. The highest BCUT2D eigenvalue weighted by Crippen LogP contribution is 1.80. The molecule has 0 aliphatic heterocycles. The van der Waals surface area contributed by atoms with E-state index in [0.717, 1.165) is 11.6 Å². The molecule has 0 amide bonds. The number of hydrazone groups is 1. The molecule has 0 spiro atoms. The highest BCUT2D eigenvalue weighted by Gasteiger charge is 1.91. The van der Waals surface area contributed by atoms with Crippen molar-refractivity contribution in [2.45, 2.75) is 47.6 Å². The first-order valence-corrected chi connectivity index (χ1v) is 6.58. The Labute approximate surface area is 125 Å². The lowest BCUT2D eigenvalue weighted by atomic mass is 10.4. The van der Waals surface area contributed by atoms with Gasteiger partial charge in [0.1, 0.15) is 5.84 Å². The van der Waals surface area contributed by atoms with Crippen LogP contribution in [-0.2, 0) is 4.74 Å². The van der Waals surface area contributed by atoms with Crippen LogP contribution >= 0.6 is 0 Å². The Kier molecular flexibility index (Phi) is 18.4. The monoisotopic (exact) mass is 286 g/mol. The minimum Gasteiger partial charge on any atom is -0.502 e. The molecule has 0 heterocycles. The highest BCUT2D eigenvalue weighted by molar-refractivity contribution is 5.78. The number of allylic oxidation sites excluding steroid dienone is 2. The molecule has 0 bridgehead atoms. The van der Waals surface area contributed by atoms with E-state index in [1.54, 1.807) is 14.0 Å². The summed E-state index contributed by atoms with van der Waals surface area (Å²) >= 11 is 0. The second-order valence-electron chi connectivity index (χ2n) is 5.10. The molecule has 0 fully saturated rings. The van der Waals surface area contributed by atoms with Crippen molar-refractivity contribution in [2.75, 3.05) is 21.2 Å². The first-order chi connectivity index (χ1) is 9.02. The molecule has 2 N–H and O–H groups in total. The number of amidine groups is 1. The number of hydrazine groups is 1. The maximum absolute atomic E-state index is 4.56. The van der Waals surface area contributed by atoms with Gasteiger partial charge in [-0.25, -0.2) is 5.01 Å². The molecule has 0 aliphatic rings. The number of hydrogen-bond acceptors (Lipinski definition) is 4. The smallest absolute Gasteiger partial charge is 0.133 e. The first kappa shape index (κ1) is 23.6. The van der Waals surface area contributed by atoms with Gasteiger partial charge in [0.05, 0.1) is 12.9 Å². The van der Waals surface area contributed by atoms with Crippen molar-refractivity contribution in [1.29, 1.82) is 0 Å². The molecule has 0 atom stereocenters. The Morgan fingerprint density at radius 2 is 1.45 bits per heavy atom. The largest absolute Gasteiger partial charge is 0.502 e. The van der Waals surface area contributed by atoms with Gasteiger partial charge in [-0.2, -0.15) is 5.10 Å². The summed E-state index contributed by atoms with van der Waals surface area (Å²) in [6.45, 7) is 18.8. The number of methoxy groups -OCH3 is 1. The third kappa shape index (κ3) is 43.9. The molecule has 0 aromatic heterocycles. The third-order valence-corrected chi connectivity index (χ3v) is 1.22. The van der Waals surface area contributed by atoms with Gasteiger partial charge < -0.3 is 15.6 Å². The van der Waals surface area contributed by atoms with Crippen molar-refractivity contribution in [3.63, 3.8) is 0 Å². The lowest BCUT2D eigenvalue weighted by molar-refractivity contribution is 0.295. The van der Waals surface area contributed by atoms with Crippen molar-refractivity contribution in [1.82, 2.24) is 15.9 Å². The van der Waals surface area contributed by atoms with Gasteiger partial charge in [-0.1, -0.05) is 12.2 Å². The van der Waals surface area contributed by atoms with Gasteiger partial charge in [-0.15, -0.1) is 6.58 Å². The second-order valence-corrected chi connectivity index (χ2v) is 5.10. The van der Waals surface area contributed by atoms with Crippen LogP contribution in [-0.4, -0.2) is 38.1 Å². The minimum absolute atomic E-state index is 0.383. The first-order valence-electron chi connectivity index (χ1n) is 6.58.